The van der Waals surface area contributed by atoms with Gasteiger partial charge in [0.25, 0.3) is 16.0 Å². The second kappa shape index (κ2) is 11.9. The highest BCUT2D eigenvalue weighted by Crippen LogP contribution is 2.64. The van der Waals surface area contributed by atoms with Crippen LogP contribution in [-0.4, -0.2) is 67.9 Å². The molecule has 0 radical (unpaired) electrons. The lowest BCUT2D eigenvalue weighted by atomic mass is 9.53. The molecular formula is C31H45F2NO7S. The SMILES string of the molecule is CS(=O)(=O)O.FC1(F)CCN(CCCOc2ccc(C3CCC4(CC3)OOC3(O4)C4CC5CC(C4)CC3C5)cc2)CC1. The maximum atomic E-state index is 13.3. The van der Waals surface area contributed by atoms with Crippen LogP contribution in [0.4, 0.5) is 8.78 Å². The summed E-state index contributed by atoms with van der Waals surface area (Å²) < 4.78 is 65.3. The average Bonchev–Trinajstić information content (AvgIpc) is 3.30. The Balaban J connectivity index is 0.000000585. The molecule has 1 aromatic rings. The highest BCUT2D eigenvalue weighted by Gasteiger charge is 2.66. The molecule has 7 fully saturated rings. The molecule has 1 aromatic carbocycles. The van der Waals surface area contributed by atoms with Crippen LogP contribution in [0.5, 0.6) is 5.75 Å². The summed E-state index contributed by atoms with van der Waals surface area (Å²) in [6, 6.07) is 8.51. The average molecular weight is 614 g/mol. The van der Waals surface area contributed by atoms with Crippen molar-refractivity contribution in [2.24, 2.45) is 23.7 Å². The molecule has 0 aromatic heterocycles. The van der Waals surface area contributed by atoms with Crippen molar-refractivity contribution < 1.29 is 41.0 Å². The van der Waals surface area contributed by atoms with Gasteiger partial charge in [0.1, 0.15) is 5.75 Å². The largest absolute Gasteiger partial charge is 0.494 e. The van der Waals surface area contributed by atoms with Gasteiger partial charge in [-0.1, -0.05) is 12.1 Å². The maximum absolute atomic E-state index is 13.3. The zero-order chi connectivity index (χ0) is 29.6. The molecule has 11 heteroatoms. The third-order valence-electron chi connectivity index (χ3n) is 10.5. The van der Waals surface area contributed by atoms with Gasteiger partial charge in [-0.05, 0) is 86.8 Å². The fraction of sp³-hybridized carbons (Fsp3) is 0.806. The molecule has 2 aliphatic heterocycles. The first-order valence-electron chi connectivity index (χ1n) is 15.7. The van der Waals surface area contributed by atoms with Crippen LogP contribution in [0.3, 0.4) is 0 Å². The second-order valence-corrected chi connectivity index (χ2v) is 15.1. The Morgan fingerprint density at radius 1 is 0.929 bits per heavy atom. The van der Waals surface area contributed by atoms with Crippen molar-refractivity contribution in [1.29, 1.82) is 0 Å². The predicted molar refractivity (Wildman–Crippen MR) is 152 cm³/mol. The van der Waals surface area contributed by atoms with Gasteiger partial charge in [-0.3, -0.25) is 4.55 Å². The molecule has 0 atom stereocenters. The molecule has 0 amide bonds. The number of benzene rings is 1. The molecule has 8 nitrogen and oxygen atoms in total. The van der Waals surface area contributed by atoms with E-state index in [1.165, 1.54) is 37.7 Å². The summed E-state index contributed by atoms with van der Waals surface area (Å²) in [5, 5.41) is 0. The van der Waals surface area contributed by atoms with Crippen LogP contribution >= 0.6 is 0 Å². The number of hydrogen-bond donors (Lipinski definition) is 1. The van der Waals surface area contributed by atoms with Crippen LogP contribution in [0.1, 0.15) is 88.5 Å². The third kappa shape index (κ3) is 6.96. The van der Waals surface area contributed by atoms with Gasteiger partial charge in [-0.25, -0.2) is 8.78 Å². The number of halogens is 2. The molecule has 5 saturated carbocycles. The summed E-state index contributed by atoms with van der Waals surface area (Å²) in [5.74, 6) is 0.652. The number of nitrogens with zero attached hydrogens (tertiary/aromatic N) is 1. The van der Waals surface area contributed by atoms with E-state index in [2.05, 4.69) is 29.2 Å². The summed E-state index contributed by atoms with van der Waals surface area (Å²) in [7, 11) is -3.67. The number of alkyl halides is 2. The van der Waals surface area contributed by atoms with Crippen LogP contribution in [0.15, 0.2) is 24.3 Å². The molecule has 2 saturated heterocycles. The zero-order valence-electron chi connectivity index (χ0n) is 24.5. The van der Waals surface area contributed by atoms with E-state index < -0.39 is 27.6 Å². The molecule has 5 aliphatic carbocycles. The van der Waals surface area contributed by atoms with Gasteiger partial charge in [0, 0.05) is 57.2 Å². The van der Waals surface area contributed by atoms with E-state index in [0.717, 1.165) is 56.2 Å². The van der Waals surface area contributed by atoms with Crippen molar-refractivity contribution >= 4 is 10.1 Å². The lowest BCUT2D eigenvalue weighted by molar-refractivity contribution is -0.390. The van der Waals surface area contributed by atoms with E-state index in [1.54, 1.807) is 0 Å². The molecule has 42 heavy (non-hydrogen) atoms. The molecule has 7 aliphatic rings. The summed E-state index contributed by atoms with van der Waals surface area (Å²) in [6.45, 7) is 2.39. The van der Waals surface area contributed by atoms with Gasteiger partial charge in [0.05, 0.1) is 12.9 Å². The van der Waals surface area contributed by atoms with Crippen LogP contribution in [0.2, 0.25) is 0 Å². The quantitative estimate of drug-likeness (QED) is 0.231. The Morgan fingerprint density at radius 2 is 1.50 bits per heavy atom. The van der Waals surface area contributed by atoms with E-state index >= 15 is 0 Å². The third-order valence-corrected chi connectivity index (χ3v) is 10.5. The first-order valence-corrected chi connectivity index (χ1v) is 17.6. The van der Waals surface area contributed by atoms with Crippen molar-refractivity contribution in [3.63, 3.8) is 0 Å². The number of hydrogen-bond acceptors (Lipinski definition) is 7. The van der Waals surface area contributed by atoms with E-state index in [-0.39, 0.29) is 12.8 Å². The standard InChI is InChI=1S/C30H41F2NO4.CH4O3S/c31-28(32)10-13-33(14-11-28)12-1-15-34-27-4-2-23(3-5-27)24-6-8-29(9-7-24)35-30(37-36-29)25-17-21-16-22(19-25)20-26(30)18-21;1-5(2,3)4/h2-5,21-22,24-26H,1,6-20H2;1H3,(H,2,3,4). The fourth-order valence-corrected chi connectivity index (χ4v) is 8.60. The summed E-state index contributed by atoms with van der Waals surface area (Å²) >= 11 is 0. The summed E-state index contributed by atoms with van der Waals surface area (Å²) in [5.41, 5.74) is 1.35. The molecule has 236 valence electrons. The van der Waals surface area contributed by atoms with Gasteiger partial charge in [-0.15, -0.1) is 0 Å². The maximum Gasteiger partial charge on any atom is 0.261 e. The molecule has 8 rings (SSSR count). The van der Waals surface area contributed by atoms with E-state index in [4.69, 9.17) is 23.8 Å². The lowest BCUT2D eigenvalue weighted by Gasteiger charge is -2.57. The van der Waals surface area contributed by atoms with Crippen molar-refractivity contribution in [2.45, 2.75) is 100 Å². The molecular weight excluding hydrogens is 568 g/mol. The number of piperidine rings is 1. The highest BCUT2D eigenvalue weighted by molar-refractivity contribution is 7.85. The minimum atomic E-state index is -3.67. The minimum absolute atomic E-state index is 0.0222. The van der Waals surface area contributed by atoms with Crippen LogP contribution in [0.25, 0.3) is 0 Å². The van der Waals surface area contributed by atoms with Crippen molar-refractivity contribution in [3.05, 3.63) is 29.8 Å². The topological polar surface area (TPSA) is 94.5 Å². The Morgan fingerprint density at radius 3 is 2.07 bits per heavy atom. The Bertz CT molecular complexity index is 1140. The van der Waals surface area contributed by atoms with E-state index in [0.29, 0.717) is 43.7 Å². The first kappa shape index (κ1) is 30.6. The summed E-state index contributed by atoms with van der Waals surface area (Å²) in [4.78, 5) is 14.4. The Hall–Kier alpha value is -1.37. The molecule has 0 unspecified atom stereocenters. The Labute approximate surface area is 248 Å². The fourth-order valence-electron chi connectivity index (χ4n) is 8.60. The van der Waals surface area contributed by atoms with Gasteiger partial charge in [0.15, 0.2) is 0 Å². The van der Waals surface area contributed by atoms with Crippen LogP contribution in [0, 0.1) is 23.7 Å². The van der Waals surface area contributed by atoms with Gasteiger partial charge in [0.2, 0.25) is 11.6 Å². The molecule has 1 N–H and O–H groups in total. The summed E-state index contributed by atoms with van der Waals surface area (Å²) in [6.07, 6.45) is 11.8. The number of likely N-dealkylation sites (tertiary alicyclic amines) is 1. The van der Waals surface area contributed by atoms with Crippen LogP contribution < -0.4 is 4.74 Å². The minimum Gasteiger partial charge on any atom is -0.494 e. The van der Waals surface area contributed by atoms with Crippen LogP contribution in [-0.2, 0) is 24.6 Å². The van der Waals surface area contributed by atoms with E-state index in [1.807, 2.05) is 0 Å². The molecule has 2 heterocycles. The Kier molecular flexibility index (Phi) is 8.65. The number of ether oxygens (including phenoxy) is 2. The predicted octanol–water partition coefficient (Wildman–Crippen LogP) is 6.18. The monoisotopic (exact) mass is 613 g/mol. The lowest BCUT2D eigenvalue weighted by Crippen LogP contribution is -2.59. The highest BCUT2D eigenvalue weighted by atomic mass is 32.2. The molecule has 4 bridgehead atoms. The number of rotatable bonds is 6. The van der Waals surface area contributed by atoms with Crippen molar-refractivity contribution in [3.8, 4) is 5.75 Å². The normalized spacial score (nSPS) is 38.9. The first-order chi connectivity index (χ1) is 19.9. The smallest absolute Gasteiger partial charge is 0.261 e. The van der Waals surface area contributed by atoms with E-state index in [9.17, 15) is 17.2 Å². The van der Waals surface area contributed by atoms with Gasteiger partial charge >= 0.3 is 0 Å². The van der Waals surface area contributed by atoms with Crippen molar-refractivity contribution in [1.82, 2.24) is 4.90 Å². The van der Waals surface area contributed by atoms with Gasteiger partial charge < -0.3 is 14.4 Å². The second-order valence-electron chi connectivity index (χ2n) is 13.7. The van der Waals surface area contributed by atoms with Gasteiger partial charge in [-0.2, -0.15) is 18.2 Å². The molecule has 2 spiro atoms. The van der Waals surface area contributed by atoms with Crippen molar-refractivity contribution in [2.75, 3.05) is 32.5 Å². The zero-order valence-corrected chi connectivity index (χ0v) is 25.3.